The highest BCUT2D eigenvalue weighted by molar-refractivity contribution is 7.12. The Kier molecular flexibility index (Phi) is 6.37. The van der Waals surface area contributed by atoms with Crippen LogP contribution in [0.4, 0.5) is 0 Å². The smallest absolute Gasteiger partial charge is 0.308 e. The monoisotopic (exact) mass is 347 g/mol. The van der Waals surface area contributed by atoms with Crippen molar-refractivity contribution in [3.05, 3.63) is 51.7 Å². The predicted octanol–water partition coefficient (Wildman–Crippen LogP) is 2.99. The fourth-order valence-electron chi connectivity index (χ4n) is 2.49. The molecule has 0 bridgehead atoms. The molecule has 0 spiro atoms. The maximum Gasteiger partial charge on any atom is 0.308 e. The lowest BCUT2D eigenvalue weighted by atomic mass is 9.98. The number of carboxylic acid groups (broad SMARTS) is 1. The van der Waals surface area contributed by atoms with Gasteiger partial charge in [0.1, 0.15) is 5.75 Å². The molecule has 1 heterocycles. The zero-order chi connectivity index (χ0) is 17.5. The number of aryl methyl sites for hydroxylation is 1. The number of hydrogen-bond donors (Lipinski definition) is 2. The van der Waals surface area contributed by atoms with E-state index >= 15 is 0 Å². The van der Waals surface area contributed by atoms with E-state index in [1.165, 1.54) is 11.3 Å². The molecule has 6 heteroatoms. The highest BCUT2D eigenvalue weighted by atomic mass is 32.1. The number of carbonyl (C=O) groups is 2. The number of amides is 1. The van der Waals surface area contributed by atoms with E-state index in [4.69, 9.17) is 4.74 Å². The normalized spacial score (nSPS) is 11.8. The van der Waals surface area contributed by atoms with E-state index in [2.05, 4.69) is 5.32 Å². The Morgan fingerprint density at radius 3 is 2.67 bits per heavy atom. The number of ether oxygens (including phenoxy) is 1. The number of nitrogens with one attached hydrogen (secondary N) is 1. The Bertz CT molecular complexity index is 711. The minimum atomic E-state index is -0.942. The van der Waals surface area contributed by atoms with Crippen molar-refractivity contribution in [2.75, 3.05) is 13.7 Å². The maximum absolute atomic E-state index is 12.3. The average molecular weight is 347 g/mol. The second-order valence-corrected chi connectivity index (χ2v) is 6.31. The van der Waals surface area contributed by atoms with Gasteiger partial charge in [0.2, 0.25) is 0 Å². The largest absolute Gasteiger partial charge is 0.496 e. The van der Waals surface area contributed by atoms with Crippen LogP contribution in [0.2, 0.25) is 0 Å². The summed E-state index contributed by atoms with van der Waals surface area (Å²) in [6.45, 7) is 2.06. The van der Waals surface area contributed by atoms with Gasteiger partial charge in [0.15, 0.2) is 0 Å². The summed E-state index contributed by atoms with van der Waals surface area (Å²) in [6.07, 6.45) is 1.07. The number of aliphatic carboxylic acids is 1. The Hall–Kier alpha value is -2.34. The summed E-state index contributed by atoms with van der Waals surface area (Å²) in [6, 6.07) is 9.23. The summed E-state index contributed by atoms with van der Waals surface area (Å²) >= 11 is 1.37. The van der Waals surface area contributed by atoms with E-state index in [1.54, 1.807) is 13.2 Å². The molecule has 0 aliphatic heterocycles. The lowest BCUT2D eigenvalue weighted by Crippen LogP contribution is -2.34. The molecule has 5 nitrogen and oxygen atoms in total. The van der Waals surface area contributed by atoms with Gasteiger partial charge in [-0.1, -0.05) is 25.1 Å². The molecule has 2 aromatic rings. The van der Waals surface area contributed by atoms with Crippen molar-refractivity contribution < 1.29 is 19.4 Å². The Morgan fingerprint density at radius 2 is 2.00 bits per heavy atom. The first kappa shape index (κ1) is 18.0. The molecule has 128 valence electrons. The highest BCUT2D eigenvalue weighted by Crippen LogP contribution is 2.21. The fraction of sp³-hybridized carbons (Fsp3) is 0.333. The molecule has 0 saturated heterocycles. The first-order chi connectivity index (χ1) is 11.6. The second-order valence-electron chi connectivity index (χ2n) is 5.39. The Labute approximate surface area is 145 Å². The van der Waals surface area contributed by atoms with Crippen LogP contribution in [0.3, 0.4) is 0 Å². The number of carbonyl (C=O) groups excluding carboxylic acids is 1. The lowest BCUT2D eigenvalue weighted by molar-refractivity contribution is -0.141. The molecule has 1 atom stereocenters. The average Bonchev–Trinajstić information content (AvgIpc) is 3.07. The van der Waals surface area contributed by atoms with Gasteiger partial charge in [-0.25, -0.2) is 0 Å². The highest BCUT2D eigenvalue weighted by Gasteiger charge is 2.22. The number of hydrogen-bond acceptors (Lipinski definition) is 4. The molecule has 1 amide bonds. The first-order valence-corrected chi connectivity index (χ1v) is 8.64. The van der Waals surface area contributed by atoms with Gasteiger partial charge in [-0.3, -0.25) is 9.59 Å². The Morgan fingerprint density at radius 1 is 1.25 bits per heavy atom. The van der Waals surface area contributed by atoms with Crippen molar-refractivity contribution in [1.29, 1.82) is 0 Å². The molecule has 1 aromatic carbocycles. The van der Waals surface area contributed by atoms with E-state index < -0.39 is 11.9 Å². The predicted molar refractivity (Wildman–Crippen MR) is 93.9 cm³/mol. The third kappa shape index (κ3) is 4.35. The van der Waals surface area contributed by atoms with Crippen molar-refractivity contribution in [1.82, 2.24) is 5.32 Å². The van der Waals surface area contributed by atoms with Crippen LogP contribution < -0.4 is 10.1 Å². The van der Waals surface area contributed by atoms with Crippen LogP contribution in [0.25, 0.3) is 0 Å². The van der Waals surface area contributed by atoms with E-state index in [1.807, 2.05) is 36.6 Å². The number of rotatable bonds is 8. The topological polar surface area (TPSA) is 75.6 Å². The van der Waals surface area contributed by atoms with Gasteiger partial charge in [-0.05, 0) is 41.5 Å². The summed E-state index contributed by atoms with van der Waals surface area (Å²) in [7, 11) is 1.56. The van der Waals surface area contributed by atoms with Gasteiger partial charge in [0.25, 0.3) is 5.91 Å². The van der Waals surface area contributed by atoms with Crippen LogP contribution in [0, 0.1) is 5.92 Å². The molecule has 1 aromatic heterocycles. The first-order valence-electron chi connectivity index (χ1n) is 7.76. The standard InChI is InChI=1S/C18H21NO4S/c1-3-12-8-9-24-16(12)17(20)19-11-14(18(21)22)10-13-6-4-5-7-15(13)23-2/h4-9,14H,3,10-11H2,1-2H3,(H,19,20)(H,21,22). The summed E-state index contributed by atoms with van der Waals surface area (Å²) in [4.78, 5) is 24.5. The molecule has 0 fully saturated rings. The lowest BCUT2D eigenvalue weighted by Gasteiger charge is -2.15. The summed E-state index contributed by atoms with van der Waals surface area (Å²) in [5.74, 6) is -1.21. The summed E-state index contributed by atoms with van der Waals surface area (Å²) in [5.41, 5.74) is 1.79. The van der Waals surface area contributed by atoms with Gasteiger partial charge in [-0.2, -0.15) is 0 Å². The quantitative estimate of drug-likeness (QED) is 0.770. The molecule has 24 heavy (non-hydrogen) atoms. The van der Waals surface area contributed by atoms with Crippen molar-refractivity contribution in [3.63, 3.8) is 0 Å². The molecular formula is C18H21NO4S. The number of methoxy groups -OCH3 is 1. The zero-order valence-corrected chi connectivity index (χ0v) is 14.6. The van der Waals surface area contributed by atoms with Crippen molar-refractivity contribution >= 4 is 23.2 Å². The van der Waals surface area contributed by atoms with Gasteiger partial charge in [-0.15, -0.1) is 11.3 Å². The minimum absolute atomic E-state index is 0.0767. The van der Waals surface area contributed by atoms with E-state index in [0.29, 0.717) is 17.0 Å². The van der Waals surface area contributed by atoms with Gasteiger partial charge < -0.3 is 15.2 Å². The van der Waals surface area contributed by atoms with Crippen molar-refractivity contribution in [2.24, 2.45) is 5.92 Å². The molecule has 1 unspecified atom stereocenters. The molecule has 2 N–H and O–H groups in total. The maximum atomic E-state index is 12.3. The molecule has 0 aliphatic carbocycles. The van der Waals surface area contributed by atoms with E-state index in [9.17, 15) is 14.7 Å². The third-order valence-corrected chi connectivity index (χ3v) is 4.81. The number of carboxylic acids is 1. The second kappa shape index (κ2) is 8.49. The molecule has 0 aliphatic rings. The zero-order valence-electron chi connectivity index (χ0n) is 13.7. The number of para-hydroxylation sites is 1. The van der Waals surface area contributed by atoms with Crippen LogP contribution in [0.1, 0.15) is 27.7 Å². The van der Waals surface area contributed by atoms with Crippen molar-refractivity contribution in [3.8, 4) is 5.75 Å². The van der Waals surface area contributed by atoms with Gasteiger partial charge in [0, 0.05) is 6.54 Å². The van der Waals surface area contributed by atoms with Crippen LogP contribution in [-0.4, -0.2) is 30.6 Å². The number of benzene rings is 1. The van der Waals surface area contributed by atoms with Crippen LogP contribution >= 0.6 is 11.3 Å². The minimum Gasteiger partial charge on any atom is -0.496 e. The van der Waals surface area contributed by atoms with E-state index in [-0.39, 0.29) is 12.5 Å². The molecule has 2 rings (SSSR count). The van der Waals surface area contributed by atoms with Crippen LogP contribution in [-0.2, 0) is 17.6 Å². The molecule has 0 radical (unpaired) electrons. The van der Waals surface area contributed by atoms with Gasteiger partial charge >= 0.3 is 5.97 Å². The van der Waals surface area contributed by atoms with Crippen LogP contribution in [0.15, 0.2) is 35.7 Å². The molecular weight excluding hydrogens is 326 g/mol. The third-order valence-electron chi connectivity index (χ3n) is 3.85. The summed E-state index contributed by atoms with van der Waals surface area (Å²) < 4.78 is 5.26. The summed E-state index contributed by atoms with van der Waals surface area (Å²) in [5, 5.41) is 14.1. The fourth-order valence-corrected chi connectivity index (χ4v) is 3.40. The van der Waals surface area contributed by atoms with Gasteiger partial charge in [0.05, 0.1) is 17.9 Å². The molecule has 0 saturated carbocycles. The van der Waals surface area contributed by atoms with Crippen LogP contribution in [0.5, 0.6) is 5.75 Å². The van der Waals surface area contributed by atoms with E-state index in [0.717, 1.165) is 17.5 Å². The number of thiophene rings is 1. The SMILES string of the molecule is CCc1ccsc1C(=O)NCC(Cc1ccccc1OC)C(=O)O. The van der Waals surface area contributed by atoms with Crippen molar-refractivity contribution in [2.45, 2.75) is 19.8 Å². The Balaban J connectivity index is 2.04.